The molecule has 2 aromatic carbocycles. The van der Waals surface area contributed by atoms with Gasteiger partial charge < -0.3 is 9.84 Å². The molecule has 0 saturated heterocycles. The van der Waals surface area contributed by atoms with Crippen molar-refractivity contribution >= 4 is 5.97 Å². The molecule has 0 amide bonds. The number of carbonyl (C=O) groups excluding carboxylic acids is 1. The molecule has 0 fully saturated rings. The third-order valence-corrected chi connectivity index (χ3v) is 4.74. The van der Waals surface area contributed by atoms with Gasteiger partial charge in [-0.3, -0.25) is 0 Å². The number of carbonyl (C=O) groups is 1. The predicted molar refractivity (Wildman–Crippen MR) is 99.2 cm³/mol. The molecule has 1 heterocycles. The molecule has 0 bridgehead atoms. The van der Waals surface area contributed by atoms with Crippen LogP contribution in [0.3, 0.4) is 0 Å². The molecular formula is C22H26O3. The summed E-state index contributed by atoms with van der Waals surface area (Å²) < 4.78 is 5.67. The van der Waals surface area contributed by atoms with E-state index in [1.807, 2.05) is 30.3 Å². The van der Waals surface area contributed by atoms with Gasteiger partial charge in [0.25, 0.3) is 0 Å². The Morgan fingerprint density at radius 2 is 1.44 bits per heavy atom. The average molecular weight is 338 g/mol. The summed E-state index contributed by atoms with van der Waals surface area (Å²) in [6.07, 6.45) is -0.425. The summed E-state index contributed by atoms with van der Waals surface area (Å²) in [6.45, 7) is 12.5. The number of phenolic OH excluding ortho intramolecular Hbond substituents is 1. The number of fused-ring (bicyclic) bond motifs is 1. The summed E-state index contributed by atoms with van der Waals surface area (Å²) in [5.74, 6) is 0.0460. The van der Waals surface area contributed by atoms with E-state index in [2.05, 4.69) is 41.5 Å². The van der Waals surface area contributed by atoms with Crippen LogP contribution in [0, 0.1) is 0 Å². The number of hydrogen-bond donors (Lipinski definition) is 1. The van der Waals surface area contributed by atoms with E-state index >= 15 is 0 Å². The molecule has 0 aromatic heterocycles. The molecule has 0 aliphatic carbocycles. The van der Waals surface area contributed by atoms with Crippen molar-refractivity contribution in [3.63, 3.8) is 0 Å². The van der Waals surface area contributed by atoms with E-state index in [0.717, 1.165) is 22.3 Å². The van der Waals surface area contributed by atoms with Crippen molar-refractivity contribution in [2.24, 2.45) is 0 Å². The Labute approximate surface area is 149 Å². The van der Waals surface area contributed by atoms with E-state index in [9.17, 15) is 9.90 Å². The topological polar surface area (TPSA) is 46.5 Å². The van der Waals surface area contributed by atoms with E-state index in [4.69, 9.17) is 4.74 Å². The zero-order chi connectivity index (χ0) is 18.6. The lowest BCUT2D eigenvalue weighted by atomic mass is 9.77. The second kappa shape index (κ2) is 5.62. The van der Waals surface area contributed by atoms with Crippen LogP contribution in [-0.2, 0) is 15.6 Å². The maximum absolute atomic E-state index is 12.2. The first-order valence-electron chi connectivity index (χ1n) is 8.68. The highest BCUT2D eigenvalue weighted by Gasteiger charge is 2.34. The number of esters is 1. The molecule has 25 heavy (non-hydrogen) atoms. The van der Waals surface area contributed by atoms with Crippen LogP contribution < -0.4 is 0 Å². The van der Waals surface area contributed by atoms with Crippen molar-refractivity contribution in [1.29, 1.82) is 0 Å². The second-order valence-corrected chi connectivity index (χ2v) is 8.84. The van der Waals surface area contributed by atoms with Crippen molar-refractivity contribution < 1.29 is 14.6 Å². The van der Waals surface area contributed by atoms with E-state index in [0.29, 0.717) is 11.3 Å². The summed E-state index contributed by atoms with van der Waals surface area (Å²) in [4.78, 5) is 12.2. The second-order valence-electron chi connectivity index (χ2n) is 8.84. The minimum Gasteiger partial charge on any atom is -0.507 e. The van der Waals surface area contributed by atoms with Gasteiger partial charge in [0.05, 0.1) is 5.56 Å². The van der Waals surface area contributed by atoms with Crippen LogP contribution >= 0.6 is 0 Å². The highest BCUT2D eigenvalue weighted by Crippen LogP contribution is 2.44. The fourth-order valence-electron chi connectivity index (χ4n) is 3.34. The molecule has 0 saturated carbocycles. The fourth-order valence-corrected chi connectivity index (χ4v) is 3.34. The molecule has 0 radical (unpaired) electrons. The van der Waals surface area contributed by atoms with Crippen LogP contribution in [-0.4, -0.2) is 11.1 Å². The minimum atomic E-state index is -0.425. The molecule has 1 atom stereocenters. The summed E-state index contributed by atoms with van der Waals surface area (Å²) in [5, 5.41) is 10.9. The molecule has 1 unspecified atom stereocenters. The molecule has 1 N–H and O–H groups in total. The first-order chi connectivity index (χ1) is 11.5. The third kappa shape index (κ3) is 3.04. The van der Waals surface area contributed by atoms with Gasteiger partial charge in [0.2, 0.25) is 0 Å². The maximum Gasteiger partial charge on any atom is 0.339 e. The summed E-state index contributed by atoms with van der Waals surface area (Å²) >= 11 is 0. The van der Waals surface area contributed by atoms with E-state index < -0.39 is 6.10 Å². The zero-order valence-corrected chi connectivity index (χ0v) is 15.8. The van der Waals surface area contributed by atoms with Gasteiger partial charge in [0.1, 0.15) is 5.75 Å². The van der Waals surface area contributed by atoms with Gasteiger partial charge in [0.15, 0.2) is 6.10 Å². The number of ether oxygens (including phenoxy) is 1. The SMILES string of the molecule is CC(C)(C)c1cc(C2OC(=O)c3ccccc32)cc(C(C)(C)C)c1O. The Kier molecular flexibility index (Phi) is 3.94. The number of benzene rings is 2. The molecule has 1 aliphatic heterocycles. The van der Waals surface area contributed by atoms with Gasteiger partial charge in [-0.1, -0.05) is 59.7 Å². The van der Waals surface area contributed by atoms with Gasteiger partial charge in [-0.2, -0.15) is 0 Å². The lowest BCUT2D eigenvalue weighted by Crippen LogP contribution is -2.18. The third-order valence-electron chi connectivity index (χ3n) is 4.74. The van der Waals surface area contributed by atoms with Crippen molar-refractivity contribution in [3.05, 3.63) is 64.2 Å². The number of hydrogen-bond acceptors (Lipinski definition) is 3. The van der Waals surface area contributed by atoms with Crippen LogP contribution in [0.25, 0.3) is 0 Å². The largest absolute Gasteiger partial charge is 0.507 e. The van der Waals surface area contributed by atoms with Gasteiger partial charge in [-0.15, -0.1) is 0 Å². The quantitative estimate of drug-likeness (QED) is 0.723. The molecular weight excluding hydrogens is 312 g/mol. The van der Waals surface area contributed by atoms with Crippen molar-refractivity contribution in [2.75, 3.05) is 0 Å². The Morgan fingerprint density at radius 3 is 1.96 bits per heavy atom. The van der Waals surface area contributed by atoms with Crippen molar-refractivity contribution in [2.45, 2.75) is 58.5 Å². The van der Waals surface area contributed by atoms with Gasteiger partial charge >= 0.3 is 5.97 Å². The number of phenols is 1. The Balaban J connectivity index is 2.23. The molecule has 3 nitrogen and oxygen atoms in total. The monoisotopic (exact) mass is 338 g/mol. The van der Waals surface area contributed by atoms with E-state index in [-0.39, 0.29) is 16.8 Å². The van der Waals surface area contributed by atoms with Crippen LogP contribution in [0.2, 0.25) is 0 Å². The molecule has 2 aromatic rings. The zero-order valence-electron chi connectivity index (χ0n) is 15.8. The van der Waals surface area contributed by atoms with Crippen LogP contribution in [0.15, 0.2) is 36.4 Å². The predicted octanol–water partition coefficient (Wildman–Crippen LogP) is 5.25. The smallest absolute Gasteiger partial charge is 0.339 e. The van der Waals surface area contributed by atoms with E-state index in [1.165, 1.54) is 0 Å². The Morgan fingerprint density at radius 1 is 0.920 bits per heavy atom. The number of rotatable bonds is 1. The normalized spacial score (nSPS) is 17.4. The summed E-state index contributed by atoms with van der Waals surface area (Å²) in [5.41, 5.74) is 3.72. The standard InChI is InChI=1S/C22H26O3/c1-21(2,3)16-11-13(12-17(18(16)23)22(4,5)6)19-14-9-7-8-10-15(14)20(24)25-19/h7-12,19,23H,1-6H3. The van der Waals surface area contributed by atoms with Crippen LogP contribution in [0.4, 0.5) is 0 Å². The van der Waals surface area contributed by atoms with Crippen LogP contribution in [0.1, 0.15) is 80.3 Å². The highest BCUT2D eigenvalue weighted by atomic mass is 16.5. The highest BCUT2D eigenvalue weighted by molar-refractivity contribution is 5.94. The minimum absolute atomic E-state index is 0.220. The van der Waals surface area contributed by atoms with E-state index in [1.54, 1.807) is 6.07 Å². The summed E-state index contributed by atoms with van der Waals surface area (Å²) in [7, 11) is 0. The molecule has 3 rings (SSSR count). The number of cyclic esters (lactones) is 1. The van der Waals surface area contributed by atoms with Gasteiger partial charge in [-0.25, -0.2) is 4.79 Å². The Hall–Kier alpha value is -2.29. The van der Waals surface area contributed by atoms with Crippen LogP contribution in [0.5, 0.6) is 5.75 Å². The molecule has 1 aliphatic rings. The molecule has 3 heteroatoms. The Bertz CT molecular complexity index is 800. The lowest BCUT2D eigenvalue weighted by Gasteiger charge is -2.29. The molecule has 132 valence electrons. The summed E-state index contributed by atoms with van der Waals surface area (Å²) in [6, 6.07) is 11.5. The van der Waals surface area contributed by atoms with Gasteiger partial charge in [-0.05, 0) is 45.7 Å². The van der Waals surface area contributed by atoms with Gasteiger partial charge in [0, 0.05) is 5.56 Å². The first-order valence-corrected chi connectivity index (χ1v) is 8.68. The van der Waals surface area contributed by atoms with Crippen molar-refractivity contribution in [3.8, 4) is 5.75 Å². The van der Waals surface area contributed by atoms with Crippen molar-refractivity contribution in [1.82, 2.24) is 0 Å². The average Bonchev–Trinajstić information content (AvgIpc) is 2.83. The molecule has 0 spiro atoms. The first kappa shape index (κ1) is 17.5. The number of aromatic hydroxyl groups is 1. The fraction of sp³-hybridized carbons (Fsp3) is 0.409. The maximum atomic E-state index is 12.2. The lowest BCUT2D eigenvalue weighted by molar-refractivity contribution is 0.0455.